The molecular weight excluding hydrogens is 307 g/mol. The van der Waals surface area contributed by atoms with Crippen molar-refractivity contribution >= 4 is 23.4 Å². The summed E-state index contributed by atoms with van der Waals surface area (Å²) in [5, 5.41) is 3.58. The van der Waals surface area contributed by atoms with Crippen LogP contribution in [0.2, 0.25) is 5.02 Å². The molecule has 4 nitrogen and oxygen atoms in total. The van der Waals surface area contributed by atoms with Gasteiger partial charge in [-0.25, -0.2) is 9.18 Å². The summed E-state index contributed by atoms with van der Waals surface area (Å²) in [4.78, 5) is 13.9. The van der Waals surface area contributed by atoms with E-state index in [-0.39, 0.29) is 18.0 Å². The molecule has 0 radical (unpaired) electrons. The van der Waals surface area contributed by atoms with Gasteiger partial charge in [-0.2, -0.15) is 0 Å². The van der Waals surface area contributed by atoms with E-state index in [4.69, 9.17) is 16.3 Å². The summed E-state index contributed by atoms with van der Waals surface area (Å²) in [7, 11) is 0. The van der Waals surface area contributed by atoms with Crippen molar-refractivity contribution in [3.63, 3.8) is 0 Å². The molecule has 6 heteroatoms. The molecule has 1 aliphatic rings. The van der Waals surface area contributed by atoms with Crippen molar-refractivity contribution in [1.82, 2.24) is 4.90 Å². The monoisotopic (exact) mass is 328 g/mol. The topological polar surface area (TPSA) is 41.6 Å². The first-order valence-corrected chi connectivity index (χ1v) is 7.82. The molecule has 1 aromatic carbocycles. The van der Waals surface area contributed by atoms with Crippen LogP contribution in [0.15, 0.2) is 18.2 Å². The molecule has 0 spiro atoms. The predicted molar refractivity (Wildman–Crippen MR) is 85.9 cm³/mol. The van der Waals surface area contributed by atoms with E-state index in [2.05, 4.69) is 5.32 Å². The number of amides is 1. The quantitative estimate of drug-likeness (QED) is 0.900. The van der Waals surface area contributed by atoms with Crippen molar-refractivity contribution < 1.29 is 13.9 Å². The second kappa shape index (κ2) is 6.73. The van der Waals surface area contributed by atoms with Crippen molar-refractivity contribution in [2.45, 2.75) is 45.3 Å². The molecule has 0 saturated carbocycles. The Labute approximate surface area is 135 Å². The van der Waals surface area contributed by atoms with Gasteiger partial charge in [-0.05, 0) is 51.8 Å². The molecule has 1 amide bonds. The van der Waals surface area contributed by atoms with Gasteiger partial charge < -0.3 is 15.0 Å². The van der Waals surface area contributed by atoms with Gasteiger partial charge in [0.25, 0.3) is 0 Å². The van der Waals surface area contributed by atoms with E-state index in [1.54, 1.807) is 4.90 Å². The van der Waals surface area contributed by atoms with E-state index < -0.39 is 5.60 Å². The summed E-state index contributed by atoms with van der Waals surface area (Å²) in [5.74, 6) is -0.345. The second-order valence-corrected chi connectivity index (χ2v) is 6.88. The third kappa shape index (κ3) is 4.50. The SMILES string of the molecule is CC(C)(C)OC(=O)N1CCCC1CNc1cc(F)ccc1Cl. The van der Waals surface area contributed by atoms with Gasteiger partial charge in [0.15, 0.2) is 0 Å². The Hall–Kier alpha value is -1.49. The van der Waals surface area contributed by atoms with Crippen molar-refractivity contribution in [2.24, 2.45) is 0 Å². The maximum Gasteiger partial charge on any atom is 0.410 e. The maximum absolute atomic E-state index is 13.3. The summed E-state index contributed by atoms with van der Waals surface area (Å²) in [5.41, 5.74) is 0.0291. The third-order valence-corrected chi connectivity index (χ3v) is 3.79. The van der Waals surface area contributed by atoms with E-state index in [1.807, 2.05) is 20.8 Å². The number of hydrogen-bond acceptors (Lipinski definition) is 3. The average molecular weight is 329 g/mol. The number of hydrogen-bond donors (Lipinski definition) is 1. The highest BCUT2D eigenvalue weighted by Gasteiger charge is 2.32. The highest BCUT2D eigenvalue weighted by atomic mass is 35.5. The molecular formula is C16H22ClFN2O2. The average Bonchev–Trinajstić information content (AvgIpc) is 2.86. The fourth-order valence-corrected chi connectivity index (χ4v) is 2.65. The number of rotatable bonds is 3. The van der Waals surface area contributed by atoms with E-state index in [0.717, 1.165) is 12.8 Å². The molecule has 1 heterocycles. The van der Waals surface area contributed by atoms with Crippen LogP contribution >= 0.6 is 11.6 Å². The molecule has 0 aliphatic carbocycles. The zero-order valence-corrected chi connectivity index (χ0v) is 13.9. The van der Waals surface area contributed by atoms with Crippen LogP contribution in [-0.4, -0.2) is 35.7 Å². The zero-order valence-electron chi connectivity index (χ0n) is 13.2. The van der Waals surface area contributed by atoms with Gasteiger partial charge in [-0.1, -0.05) is 11.6 Å². The van der Waals surface area contributed by atoms with Crippen molar-refractivity contribution in [3.8, 4) is 0 Å². The van der Waals surface area contributed by atoms with Crippen LogP contribution in [-0.2, 0) is 4.74 Å². The number of nitrogens with zero attached hydrogens (tertiary/aromatic N) is 1. The minimum absolute atomic E-state index is 0.0224. The van der Waals surface area contributed by atoms with Crippen LogP contribution in [0.25, 0.3) is 0 Å². The smallest absolute Gasteiger partial charge is 0.410 e. The van der Waals surface area contributed by atoms with Gasteiger partial charge in [-0.3, -0.25) is 0 Å². The zero-order chi connectivity index (χ0) is 16.3. The Morgan fingerprint density at radius 1 is 1.50 bits per heavy atom. The predicted octanol–water partition coefficient (Wildman–Crippen LogP) is 4.29. The lowest BCUT2D eigenvalue weighted by molar-refractivity contribution is 0.0235. The normalized spacial score (nSPS) is 18.4. The highest BCUT2D eigenvalue weighted by molar-refractivity contribution is 6.33. The van der Waals surface area contributed by atoms with Crippen LogP contribution < -0.4 is 5.32 Å². The van der Waals surface area contributed by atoms with Crippen molar-refractivity contribution in [1.29, 1.82) is 0 Å². The van der Waals surface area contributed by atoms with Crippen molar-refractivity contribution in [3.05, 3.63) is 29.0 Å². The van der Waals surface area contributed by atoms with E-state index in [1.165, 1.54) is 18.2 Å². The molecule has 2 rings (SSSR count). The summed E-state index contributed by atoms with van der Waals surface area (Å²) >= 11 is 6.03. The highest BCUT2D eigenvalue weighted by Crippen LogP contribution is 2.25. The number of anilines is 1. The van der Waals surface area contributed by atoms with E-state index >= 15 is 0 Å². The first-order valence-electron chi connectivity index (χ1n) is 7.45. The fourth-order valence-electron chi connectivity index (χ4n) is 2.47. The summed E-state index contributed by atoms with van der Waals surface area (Å²) in [6.45, 7) is 6.74. The number of nitrogens with one attached hydrogen (secondary N) is 1. The number of carbonyl (C=O) groups is 1. The summed E-state index contributed by atoms with van der Waals surface area (Å²) in [6.07, 6.45) is 1.52. The van der Waals surface area contributed by atoms with Crippen LogP contribution in [0.1, 0.15) is 33.6 Å². The Bertz CT molecular complexity index is 545. The molecule has 1 N–H and O–H groups in total. The van der Waals surface area contributed by atoms with E-state index in [9.17, 15) is 9.18 Å². The van der Waals surface area contributed by atoms with Gasteiger partial charge >= 0.3 is 6.09 Å². The maximum atomic E-state index is 13.3. The first kappa shape index (κ1) is 16.9. The van der Waals surface area contributed by atoms with Crippen molar-refractivity contribution in [2.75, 3.05) is 18.4 Å². The van der Waals surface area contributed by atoms with Gasteiger partial charge in [0.2, 0.25) is 0 Å². The minimum atomic E-state index is -0.510. The van der Waals surface area contributed by atoms with Gasteiger partial charge in [0.1, 0.15) is 11.4 Å². The number of halogens is 2. The van der Waals surface area contributed by atoms with E-state index in [0.29, 0.717) is 23.8 Å². The largest absolute Gasteiger partial charge is 0.444 e. The van der Waals surface area contributed by atoms with Crippen LogP contribution in [0.5, 0.6) is 0 Å². The van der Waals surface area contributed by atoms with Crippen LogP contribution in [0.4, 0.5) is 14.9 Å². The Morgan fingerprint density at radius 3 is 2.91 bits per heavy atom. The Morgan fingerprint density at radius 2 is 2.23 bits per heavy atom. The molecule has 1 saturated heterocycles. The van der Waals surface area contributed by atoms with Gasteiger partial charge in [0.05, 0.1) is 16.8 Å². The second-order valence-electron chi connectivity index (χ2n) is 6.47. The molecule has 0 aromatic heterocycles. The molecule has 122 valence electrons. The number of benzene rings is 1. The Kier molecular flexibility index (Phi) is 5.16. The van der Waals surface area contributed by atoms with Crippen LogP contribution in [0, 0.1) is 5.82 Å². The number of ether oxygens (including phenoxy) is 1. The number of carbonyl (C=O) groups excluding carboxylic acids is 1. The fraction of sp³-hybridized carbons (Fsp3) is 0.562. The molecule has 1 fully saturated rings. The lowest BCUT2D eigenvalue weighted by Gasteiger charge is -2.29. The molecule has 1 unspecified atom stereocenters. The molecule has 1 atom stereocenters. The summed E-state index contributed by atoms with van der Waals surface area (Å²) in [6, 6.07) is 4.21. The lowest BCUT2D eigenvalue weighted by atomic mass is 10.2. The van der Waals surface area contributed by atoms with Gasteiger partial charge in [0, 0.05) is 13.1 Å². The first-order chi connectivity index (χ1) is 10.3. The molecule has 22 heavy (non-hydrogen) atoms. The standard InChI is InChI=1S/C16H22ClFN2O2/c1-16(2,3)22-15(21)20-8-4-5-12(20)10-19-14-9-11(18)6-7-13(14)17/h6-7,9,12,19H,4-5,8,10H2,1-3H3. The Balaban J connectivity index is 1.97. The molecule has 1 aliphatic heterocycles. The minimum Gasteiger partial charge on any atom is -0.444 e. The third-order valence-electron chi connectivity index (χ3n) is 3.46. The molecule has 1 aromatic rings. The summed E-state index contributed by atoms with van der Waals surface area (Å²) < 4.78 is 18.7. The number of likely N-dealkylation sites (tertiary alicyclic amines) is 1. The molecule has 0 bridgehead atoms. The lowest BCUT2D eigenvalue weighted by Crippen LogP contribution is -2.42. The van der Waals surface area contributed by atoms with Crippen LogP contribution in [0.3, 0.4) is 0 Å². The van der Waals surface area contributed by atoms with Gasteiger partial charge in [-0.15, -0.1) is 0 Å².